The fraction of sp³-hybridized carbons (Fsp3) is 0.116. The monoisotopic (exact) mass is 887 g/mol. The molecule has 35 rings (SSSR count). The van der Waals surface area contributed by atoms with Crippen LogP contribution in [0, 0.1) is 5.92 Å². The van der Waals surface area contributed by atoms with E-state index in [1.165, 1.54) is 0 Å². The topological polar surface area (TPSA) is 29.5 Å². The second-order valence-corrected chi connectivity index (χ2v) is 26.5. The minimum absolute atomic E-state index is 0.0951. The van der Waals surface area contributed by atoms with Crippen LogP contribution in [-0.4, -0.2) is 23.6 Å². The van der Waals surface area contributed by atoms with Crippen molar-refractivity contribution >= 4 is 297 Å². The third kappa shape index (κ3) is 1.42. The number of nitrogens with zero attached hydrogens (tertiary/aromatic N) is 1. The number of amides is 1. The molecule has 3 nitrogen and oxygen atoms in total. The fourth-order valence-corrected chi connectivity index (χ4v) is 26.7. The molecule has 5 aliphatic carbocycles. The largest absolute Gasteiger partial charge is 0.449 e. The molecule has 2 heterocycles. The summed E-state index contributed by atoms with van der Waals surface area (Å²) >= 11 is 0. The normalized spacial score (nSPS) is 25.0. The minimum atomic E-state index is -0.502. The summed E-state index contributed by atoms with van der Waals surface area (Å²) in [6.45, 7) is 2.38. The molecule has 0 N–H and O–H groups in total. The third-order valence-electron chi connectivity index (χ3n) is 26.5. The van der Waals surface area contributed by atoms with Crippen molar-refractivity contribution in [2.24, 2.45) is 5.92 Å². The zero-order valence-electron chi connectivity index (χ0n) is 37.2. The molecule has 2 bridgehead atoms. The Labute approximate surface area is 393 Å². The Bertz CT molecular complexity index is 7170. The number of fused-ring (bicyclic) bond motifs is 2. The van der Waals surface area contributed by atoms with E-state index in [1.54, 1.807) is 313 Å². The summed E-state index contributed by atoms with van der Waals surface area (Å²) in [5.41, 5.74) is 5.79. The van der Waals surface area contributed by atoms with Crippen molar-refractivity contribution in [3.8, 4) is 0 Å². The Kier molecular flexibility index (Phi) is 2.33. The van der Waals surface area contributed by atoms with E-state index in [1.807, 2.05) is 6.92 Å². The Balaban J connectivity index is 1.16. The molecule has 28 aromatic rings. The lowest BCUT2D eigenvalue weighted by atomic mass is 9.39. The van der Waals surface area contributed by atoms with Crippen molar-refractivity contribution < 1.29 is 9.53 Å². The lowest BCUT2D eigenvalue weighted by Crippen LogP contribution is -2.66. The fourth-order valence-electron chi connectivity index (χ4n) is 26.7. The summed E-state index contributed by atoms with van der Waals surface area (Å²) in [5.74, 6) is 0.212. The van der Waals surface area contributed by atoms with E-state index in [9.17, 15) is 0 Å². The van der Waals surface area contributed by atoms with E-state index in [2.05, 4.69) is 17.2 Å². The van der Waals surface area contributed by atoms with Gasteiger partial charge in [-0.1, -0.05) is 6.08 Å². The van der Waals surface area contributed by atoms with Crippen LogP contribution in [0.25, 0.3) is 291 Å². The number of hydrogen-bond acceptors (Lipinski definition) is 2. The van der Waals surface area contributed by atoms with Crippen LogP contribution in [0.3, 0.4) is 0 Å². The smallest absolute Gasteiger partial charge is 0.414 e. The highest BCUT2D eigenvalue weighted by atomic mass is 16.6. The molecule has 0 saturated heterocycles. The average molecular weight is 888 g/mol. The first kappa shape index (κ1) is 27.2. The number of ether oxygens (including phenoxy) is 1. The molecule has 2 aliphatic heterocycles. The molecule has 72 heavy (non-hydrogen) atoms. The molecule has 306 valence electrons. The molecular formula is C69H13NO2. The maximum atomic E-state index is 15.3. The zero-order valence-corrected chi connectivity index (χ0v) is 37.2. The summed E-state index contributed by atoms with van der Waals surface area (Å²) in [5, 5.41) is 87.7. The average Bonchev–Trinajstić information content (AvgIpc) is 4.44. The molecule has 3 heteroatoms. The Morgan fingerprint density at radius 3 is 0.778 bits per heavy atom. The van der Waals surface area contributed by atoms with E-state index in [-0.39, 0.29) is 23.5 Å². The van der Waals surface area contributed by atoms with Gasteiger partial charge in [0.2, 0.25) is 0 Å². The quantitative estimate of drug-likeness (QED) is 0.154. The third-order valence-corrected chi connectivity index (χ3v) is 26.5. The van der Waals surface area contributed by atoms with Gasteiger partial charge >= 0.3 is 6.09 Å². The van der Waals surface area contributed by atoms with Crippen LogP contribution < -0.4 is 0 Å². The summed E-state index contributed by atoms with van der Waals surface area (Å²) in [4.78, 5) is 17.5. The van der Waals surface area contributed by atoms with Gasteiger partial charge in [0.05, 0.1) is 18.1 Å². The van der Waals surface area contributed by atoms with Crippen LogP contribution >= 0.6 is 0 Å². The van der Waals surface area contributed by atoms with Crippen LogP contribution in [0.15, 0.2) is 12.3 Å². The van der Waals surface area contributed by atoms with Gasteiger partial charge in [0.25, 0.3) is 0 Å². The predicted molar refractivity (Wildman–Crippen MR) is 298 cm³/mol. The molecule has 1 fully saturated rings. The first-order chi connectivity index (χ1) is 35.8. The van der Waals surface area contributed by atoms with Crippen molar-refractivity contribution in [3.05, 3.63) is 34.5 Å². The highest BCUT2D eigenvalue weighted by Gasteiger charge is 2.76. The molecule has 7 aliphatic rings. The highest BCUT2D eigenvalue weighted by Crippen LogP contribution is 2.87. The van der Waals surface area contributed by atoms with Gasteiger partial charge in [-0.15, -0.1) is 0 Å². The van der Waals surface area contributed by atoms with Crippen molar-refractivity contribution in [3.63, 3.8) is 0 Å². The van der Waals surface area contributed by atoms with Gasteiger partial charge < -0.3 is 4.74 Å². The van der Waals surface area contributed by atoms with Gasteiger partial charge in [0.15, 0.2) is 0 Å². The van der Waals surface area contributed by atoms with Crippen LogP contribution in [0.4, 0.5) is 4.79 Å². The van der Waals surface area contributed by atoms with Gasteiger partial charge in [-0.3, -0.25) is 4.90 Å². The van der Waals surface area contributed by atoms with Crippen LogP contribution in [0.5, 0.6) is 0 Å². The second kappa shape index (κ2) is 6.18. The predicted octanol–water partition coefficient (Wildman–Crippen LogP) is 18.1. The number of benzene rings is 18. The molecule has 0 unspecified atom stereocenters. The van der Waals surface area contributed by atoms with E-state index < -0.39 is 5.41 Å². The summed E-state index contributed by atoms with van der Waals surface area (Å²) in [6, 6.07) is -0.0951. The van der Waals surface area contributed by atoms with Crippen LogP contribution in [-0.2, 0) is 15.6 Å². The number of rotatable bonds is 1. The maximum absolute atomic E-state index is 15.3. The first-order valence-corrected chi connectivity index (χ1v) is 27.2. The molecule has 1 amide bonds. The molecule has 0 radical (unpaired) electrons. The van der Waals surface area contributed by atoms with E-state index >= 15 is 4.79 Å². The van der Waals surface area contributed by atoms with Crippen molar-refractivity contribution in [2.75, 3.05) is 6.61 Å². The zero-order chi connectivity index (χ0) is 43.0. The van der Waals surface area contributed by atoms with E-state index in [4.69, 9.17) is 4.74 Å². The minimum Gasteiger partial charge on any atom is -0.449 e. The molecular weight excluding hydrogens is 875 g/mol. The maximum Gasteiger partial charge on any atom is 0.414 e. The van der Waals surface area contributed by atoms with E-state index in [0.717, 1.165) is 12.8 Å². The lowest BCUT2D eigenvalue weighted by molar-refractivity contribution is 0.0589. The van der Waals surface area contributed by atoms with E-state index in [0.29, 0.717) is 6.61 Å². The Morgan fingerprint density at radius 2 is 0.556 bits per heavy atom. The summed E-state index contributed by atoms with van der Waals surface area (Å²) in [7, 11) is 0. The van der Waals surface area contributed by atoms with Gasteiger partial charge in [-0.05, 0) is 339 Å². The number of hydrogen-bond donors (Lipinski definition) is 0. The van der Waals surface area contributed by atoms with Gasteiger partial charge in [-0.2, -0.15) is 0 Å². The van der Waals surface area contributed by atoms with Crippen molar-refractivity contribution in [2.45, 2.75) is 36.6 Å². The summed E-state index contributed by atoms with van der Waals surface area (Å²) in [6.07, 6.45) is 6.75. The molecule has 1 saturated carbocycles. The number of allylic oxidation sites excluding steroid dienone is 1. The van der Waals surface area contributed by atoms with Gasteiger partial charge in [0.1, 0.15) is 0 Å². The highest BCUT2D eigenvalue weighted by molar-refractivity contribution is 6.82. The number of carbonyl (C=O) groups excluding carboxylic acids is 1. The second-order valence-electron chi connectivity index (χ2n) is 26.5. The Hall–Kier alpha value is -8.53. The van der Waals surface area contributed by atoms with Crippen molar-refractivity contribution in [1.29, 1.82) is 0 Å². The van der Waals surface area contributed by atoms with Gasteiger partial charge in [0, 0.05) is 11.6 Å². The molecule has 0 aromatic heterocycles. The van der Waals surface area contributed by atoms with Crippen LogP contribution in [0.2, 0.25) is 0 Å². The summed E-state index contributed by atoms with van der Waals surface area (Å²) < 4.78 is 6.30. The van der Waals surface area contributed by atoms with Crippen LogP contribution in [0.1, 0.15) is 42.0 Å². The number of carbonyl (C=O) groups is 1. The molecule has 2 spiro atoms. The Morgan fingerprint density at radius 1 is 0.347 bits per heavy atom. The molecule has 2 atom stereocenters. The lowest BCUT2D eigenvalue weighted by Gasteiger charge is -2.62. The van der Waals surface area contributed by atoms with Gasteiger partial charge in [-0.25, -0.2) is 4.79 Å². The molecule has 28 aromatic carbocycles. The standard InChI is InChI=1S/C69H13NO2/c1-2-72-67(71)70-6-5-7-3-4-8(70)69-65-59-53-43-35-25-17-13-10-9-11-15(17)23-31(25)45(53)51-41-33(23)27-19(11)20-12(9)16-18-14(10)22-21(13)29(35)39-40-30(22)36-26(18)32-24(16)34-28(20)38-37(27)47(41)55-56-48(38)42(34)52-46(32)54-44(36)50(40)62(61(65)49(39)43)66(69)60(54)58(52)64(56)68(7,69)63(55)57(51)59/h5-8H,2-4H2,1H3/t7-,8-,68?,69?/m1/s1. The SMILES string of the molecule is CCOC(=O)N1C=C[C@H]2CC[C@@H]1C13c4c5c6c7c8c9c(c%10c%11c1c1c4c4c%12c5c5c6c6c8c8c%13c9c9c%10c%10c%11c%11c1c1c4c4c%12c%12c5c5c6c8c6c8c%13c9c9c%10c%10c%11c1c1c4c4c%12c5c6c5c8c9c%10c1c45)C723. The first-order valence-electron chi connectivity index (χ1n) is 27.2. The van der Waals surface area contributed by atoms with Crippen molar-refractivity contribution in [1.82, 2.24) is 4.90 Å².